The molecule has 0 aliphatic carbocycles. The Balaban J connectivity index is 2.02. The van der Waals surface area contributed by atoms with Crippen LogP contribution in [0.1, 0.15) is 0 Å². The van der Waals surface area contributed by atoms with E-state index >= 15 is 0 Å². The Morgan fingerprint density at radius 2 is 1.89 bits per heavy atom. The monoisotopic (exact) mass is 365 g/mol. The summed E-state index contributed by atoms with van der Waals surface area (Å²) in [5, 5.41) is 4.37. The van der Waals surface area contributed by atoms with Gasteiger partial charge in [0.2, 0.25) is 5.88 Å². The summed E-state index contributed by atoms with van der Waals surface area (Å²) in [6, 6.07) is 14.8. The van der Waals surface area contributed by atoms with Gasteiger partial charge >= 0.3 is 5.63 Å². The molecule has 0 aliphatic rings. The number of fused-ring (bicyclic) bond motifs is 3. The zero-order chi connectivity index (χ0) is 18.8. The van der Waals surface area contributed by atoms with E-state index in [0.29, 0.717) is 46.9 Å². The second-order valence-electron chi connectivity index (χ2n) is 6.05. The van der Waals surface area contributed by atoms with Gasteiger partial charge in [0.15, 0.2) is 5.58 Å². The maximum absolute atomic E-state index is 12.8. The van der Waals surface area contributed by atoms with Gasteiger partial charge < -0.3 is 23.6 Å². The first-order valence-corrected chi connectivity index (χ1v) is 8.58. The summed E-state index contributed by atoms with van der Waals surface area (Å²) in [7, 11) is 3.23. The molecule has 0 fully saturated rings. The molecule has 0 atom stereocenters. The molecule has 27 heavy (non-hydrogen) atoms. The number of furan rings is 1. The first-order chi connectivity index (χ1) is 13.2. The highest BCUT2D eigenvalue weighted by atomic mass is 16.5. The molecule has 2 aromatic carbocycles. The lowest BCUT2D eigenvalue weighted by atomic mass is 10.0. The SMILES string of the molecule is COCCNc1oc2c(c1-c1cccc(OC)c1)c(=O)oc1ccccc12. The lowest BCUT2D eigenvalue weighted by molar-refractivity contribution is 0.210. The van der Waals surface area contributed by atoms with E-state index in [-0.39, 0.29) is 0 Å². The molecule has 0 unspecified atom stereocenters. The van der Waals surface area contributed by atoms with Gasteiger partial charge in [-0.25, -0.2) is 4.79 Å². The Bertz CT molecular complexity index is 1160. The molecule has 0 spiro atoms. The van der Waals surface area contributed by atoms with Gasteiger partial charge in [0.05, 0.1) is 24.7 Å². The standard InChI is InChI=1S/C21H19NO5/c1-24-11-10-22-20-17(13-6-5-7-14(12-13)25-2)18-19(27-20)15-8-3-4-9-16(15)26-21(18)23/h3-9,12,22H,10-11H2,1-2H3. The zero-order valence-corrected chi connectivity index (χ0v) is 15.1. The molecule has 2 heterocycles. The van der Waals surface area contributed by atoms with Gasteiger partial charge in [0.25, 0.3) is 0 Å². The van der Waals surface area contributed by atoms with Gasteiger partial charge in [-0.1, -0.05) is 24.3 Å². The third-order valence-corrected chi connectivity index (χ3v) is 4.40. The van der Waals surface area contributed by atoms with Crippen molar-refractivity contribution >= 4 is 27.8 Å². The Hall–Kier alpha value is -3.25. The number of methoxy groups -OCH3 is 2. The van der Waals surface area contributed by atoms with Crippen LogP contribution in [0.5, 0.6) is 5.75 Å². The third kappa shape index (κ3) is 3.04. The van der Waals surface area contributed by atoms with E-state index in [1.165, 1.54) is 0 Å². The number of para-hydroxylation sites is 1. The largest absolute Gasteiger partial charge is 0.497 e. The summed E-state index contributed by atoms with van der Waals surface area (Å²) in [5.74, 6) is 1.19. The summed E-state index contributed by atoms with van der Waals surface area (Å²) < 4.78 is 22.1. The second kappa shape index (κ2) is 7.17. The van der Waals surface area contributed by atoms with Crippen LogP contribution in [0.3, 0.4) is 0 Å². The van der Waals surface area contributed by atoms with Crippen molar-refractivity contribution in [1.29, 1.82) is 0 Å². The summed E-state index contributed by atoms with van der Waals surface area (Å²) >= 11 is 0. The van der Waals surface area contributed by atoms with Gasteiger partial charge in [0.1, 0.15) is 16.7 Å². The molecule has 4 rings (SSSR count). The van der Waals surface area contributed by atoms with Crippen LogP contribution in [-0.2, 0) is 4.74 Å². The van der Waals surface area contributed by atoms with Gasteiger partial charge in [-0.15, -0.1) is 0 Å². The van der Waals surface area contributed by atoms with E-state index in [4.69, 9.17) is 18.3 Å². The van der Waals surface area contributed by atoms with E-state index < -0.39 is 5.63 Å². The summed E-state index contributed by atoms with van der Waals surface area (Å²) in [5.41, 5.74) is 2.00. The minimum absolute atomic E-state index is 0.405. The summed E-state index contributed by atoms with van der Waals surface area (Å²) in [6.45, 7) is 1.04. The average molecular weight is 365 g/mol. The molecule has 0 aliphatic heterocycles. The topological polar surface area (TPSA) is 73.8 Å². The quantitative estimate of drug-likeness (QED) is 0.406. The lowest BCUT2D eigenvalue weighted by Gasteiger charge is -2.07. The zero-order valence-electron chi connectivity index (χ0n) is 15.1. The van der Waals surface area contributed by atoms with Gasteiger partial charge in [-0.05, 0) is 29.8 Å². The first-order valence-electron chi connectivity index (χ1n) is 8.58. The van der Waals surface area contributed by atoms with Crippen LogP contribution in [0.2, 0.25) is 0 Å². The molecular weight excluding hydrogens is 346 g/mol. The molecule has 6 heteroatoms. The minimum Gasteiger partial charge on any atom is -0.497 e. The fourth-order valence-corrected chi connectivity index (χ4v) is 3.15. The third-order valence-electron chi connectivity index (χ3n) is 4.40. The van der Waals surface area contributed by atoms with Crippen molar-refractivity contribution in [3.63, 3.8) is 0 Å². The molecule has 6 nitrogen and oxygen atoms in total. The Morgan fingerprint density at radius 1 is 1.04 bits per heavy atom. The number of hydrogen-bond acceptors (Lipinski definition) is 6. The van der Waals surface area contributed by atoms with Crippen molar-refractivity contribution in [3.8, 4) is 16.9 Å². The van der Waals surface area contributed by atoms with Gasteiger partial charge in [-0.2, -0.15) is 0 Å². The van der Waals surface area contributed by atoms with Gasteiger partial charge in [-0.3, -0.25) is 0 Å². The van der Waals surface area contributed by atoms with Crippen molar-refractivity contribution in [2.24, 2.45) is 0 Å². The molecule has 2 aromatic heterocycles. The number of nitrogens with one attached hydrogen (secondary N) is 1. The fraction of sp³-hybridized carbons (Fsp3) is 0.190. The van der Waals surface area contributed by atoms with E-state index in [9.17, 15) is 4.79 Å². The number of benzene rings is 2. The van der Waals surface area contributed by atoms with Crippen LogP contribution in [-0.4, -0.2) is 27.4 Å². The maximum atomic E-state index is 12.8. The van der Waals surface area contributed by atoms with Crippen LogP contribution in [0.15, 0.2) is 62.2 Å². The van der Waals surface area contributed by atoms with Crippen molar-refractivity contribution in [2.75, 3.05) is 32.7 Å². The van der Waals surface area contributed by atoms with E-state index in [1.807, 2.05) is 42.5 Å². The number of anilines is 1. The molecule has 0 saturated carbocycles. The molecule has 0 bridgehead atoms. The van der Waals surface area contributed by atoms with Crippen LogP contribution in [0.25, 0.3) is 33.1 Å². The second-order valence-corrected chi connectivity index (χ2v) is 6.05. The molecule has 4 aromatic rings. The summed E-state index contributed by atoms with van der Waals surface area (Å²) in [4.78, 5) is 12.8. The maximum Gasteiger partial charge on any atom is 0.348 e. The predicted molar refractivity (Wildman–Crippen MR) is 105 cm³/mol. The molecular formula is C21H19NO5. The van der Waals surface area contributed by atoms with Crippen molar-refractivity contribution in [2.45, 2.75) is 0 Å². The molecule has 0 radical (unpaired) electrons. The number of hydrogen-bond donors (Lipinski definition) is 1. The lowest BCUT2D eigenvalue weighted by Crippen LogP contribution is -2.07. The Kier molecular flexibility index (Phi) is 4.56. The smallest absolute Gasteiger partial charge is 0.348 e. The molecule has 0 amide bonds. The predicted octanol–water partition coefficient (Wildman–Crippen LogP) is 4.27. The fourth-order valence-electron chi connectivity index (χ4n) is 3.15. The van der Waals surface area contributed by atoms with E-state index in [2.05, 4.69) is 5.32 Å². The van der Waals surface area contributed by atoms with Crippen LogP contribution < -0.4 is 15.7 Å². The Labute approximate surface area is 155 Å². The first kappa shape index (κ1) is 17.2. The highest BCUT2D eigenvalue weighted by Gasteiger charge is 2.22. The van der Waals surface area contributed by atoms with E-state index in [1.54, 1.807) is 20.3 Å². The van der Waals surface area contributed by atoms with E-state index in [0.717, 1.165) is 10.9 Å². The molecule has 1 N–H and O–H groups in total. The molecule has 138 valence electrons. The minimum atomic E-state index is -0.440. The number of ether oxygens (including phenoxy) is 2. The highest BCUT2D eigenvalue weighted by Crippen LogP contribution is 2.40. The average Bonchev–Trinajstić information content (AvgIpc) is 3.09. The number of rotatable bonds is 6. The van der Waals surface area contributed by atoms with Crippen molar-refractivity contribution in [3.05, 3.63) is 59.0 Å². The van der Waals surface area contributed by atoms with Crippen LogP contribution in [0.4, 0.5) is 5.88 Å². The summed E-state index contributed by atoms with van der Waals surface area (Å²) in [6.07, 6.45) is 0. The molecule has 0 saturated heterocycles. The normalized spacial score (nSPS) is 11.2. The van der Waals surface area contributed by atoms with Crippen molar-refractivity contribution < 1.29 is 18.3 Å². The highest BCUT2D eigenvalue weighted by molar-refractivity contribution is 6.09. The van der Waals surface area contributed by atoms with Crippen LogP contribution >= 0.6 is 0 Å². The van der Waals surface area contributed by atoms with Crippen molar-refractivity contribution in [1.82, 2.24) is 0 Å². The van der Waals surface area contributed by atoms with Crippen LogP contribution in [0, 0.1) is 0 Å². The van der Waals surface area contributed by atoms with Gasteiger partial charge in [0, 0.05) is 13.7 Å². The Morgan fingerprint density at radius 3 is 2.70 bits per heavy atom.